The Morgan fingerprint density at radius 2 is 1.74 bits per heavy atom. The summed E-state index contributed by atoms with van der Waals surface area (Å²) in [6.45, 7) is 2.53. The second-order valence-corrected chi connectivity index (χ2v) is 15.0. The molecule has 1 atom stereocenters. The molecule has 3 aliphatic rings. The predicted molar refractivity (Wildman–Crippen MR) is 179 cm³/mol. The van der Waals surface area contributed by atoms with Crippen LogP contribution in [0, 0.1) is 0 Å². The lowest BCUT2D eigenvalue weighted by atomic mass is 9.81. The molecule has 2 aromatic carbocycles. The molecule has 1 aliphatic carbocycles. The van der Waals surface area contributed by atoms with Crippen LogP contribution < -0.4 is 9.46 Å². The molecule has 12 heteroatoms. The molecule has 248 valence electrons. The van der Waals surface area contributed by atoms with Crippen molar-refractivity contribution in [3.8, 4) is 17.0 Å². The molecule has 4 bridgehead atoms. The van der Waals surface area contributed by atoms with Crippen molar-refractivity contribution >= 4 is 32.9 Å². The maximum atomic E-state index is 13.5. The third-order valence-corrected chi connectivity index (χ3v) is 11.3. The van der Waals surface area contributed by atoms with Gasteiger partial charge in [-0.05, 0) is 69.7 Å². The summed E-state index contributed by atoms with van der Waals surface area (Å²) in [6.07, 6.45) is 5.78. The maximum Gasteiger partial charge on any atom is 0.303 e. The van der Waals surface area contributed by atoms with Crippen LogP contribution in [0.4, 0.5) is 0 Å². The Morgan fingerprint density at radius 1 is 1.00 bits per heavy atom. The van der Waals surface area contributed by atoms with E-state index in [-0.39, 0.29) is 37.1 Å². The molecule has 46 heavy (non-hydrogen) atoms. The van der Waals surface area contributed by atoms with E-state index >= 15 is 0 Å². The number of carbonyl (C=O) groups excluding carboxylic acids is 2. The maximum absolute atomic E-state index is 13.5. The number of ether oxygens (including phenoxy) is 1. The molecule has 1 saturated carbocycles. The number of rotatable bonds is 3. The number of benzene rings is 2. The highest BCUT2D eigenvalue weighted by Crippen LogP contribution is 2.47. The quantitative estimate of drug-likeness (QED) is 0.464. The summed E-state index contributed by atoms with van der Waals surface area (Å²) < 4.78 is 38.8. The minimum absolute atomic E-state index is 0.0267. The average Bonchev–Trinajstić information content (AvgIpc) is 3.33. The Kier molecular flexibility index (Phi) is 9.43. The number of fused-ring (bicyclic) bond motifs is 4. The number of likely N-dealkylation sites (N-methyl/N-ethyl adjacent to an activating group) is 3. The van der Waals surface area contributed by atoms with Gasteiger partial charge in [0.2, 0.25) is 5.91 Å². The second-order valence-electron chi connectivity index (χ2n) is 13.3. The first-order valence-corrected chi connectivity index (χ1v) is 17.8. The van der Waals surface area contributed by atoms with Gasteiger partial charge in [0.1, 0.15) is 12.4 Å². The number of amides is 2. The van der Waals surface area contributed by atoms with Gasteiger partial charge in [-0.1, -0.05) is 37.5 Å². The van der Waals surface area contributed by atoms with Crippen LogP contribution in [0.3, 0.4) is 0 Å². The summed E-state index contributed by atoms with van der Waals surface area (Å²) in [5, 5.41) is 1.10. The summed E-state index contributed by atoms with van der Waals surface area (Å²) in [5.41, 5.74) is 4.63. The number of para-hydroxylation sites is 1. The molecule has 0 saturated heterocycles. The molecular formula is C34H46N6O5S. The van der Waals surface area contributed by atoms with E-state index in [0.29, 0.717) is 32.2 Å². The first-order chi connectivity index (χ1) is 22.0. The van der Waals surface area contributed by atoms with Crippen molar-refractivity contribution in [2.45, 2.75) is 50.6 Å². The van der Waals surface area contributed by atoms with Gasteiger partial charge in [-0.2, -0.15) is 12.7 Å². The topological polar surface area (TPSA) is 107 Å². The Balaban J connectivity index is 1.52. The number of carbonyl (C=O) groups is 2. The van der Waals surface area contributed by atoms with Crippen LogP contribution >= 0.6 is 0 Å². The van der Waals surface area contributed by atoms with E-state index < -0.39 is 16.1 Å². The fraction of sp³-hybridized carbons (Fsp3) is 0.529. The molecule has 6 rings (SSSR count). The van der Waals surface area contributed by atoms with Gasteiger partial charge in [0, 0.05) is 61.8 Å². The van der Waals surface area contributed by atoms with Crippen molar-refractivity contribution in [1.82, 2.24) is 28.3 Å². The van der Waals surface area contributed by atoms with Crippen LogP contribution in [0.5, 0.6) is 5.75 Å². The molecule has 1 fully saturated rings. The fourth-order valence-corrected chi connectivity index (χ4v) is 7.96. The van der Waals surface area contributed by atoms with Crippen LogP contribution in [0.2, 0.25) is 0 Å². The van der Waals surface area contributed by atoms with Gasteiger partial charge in [-0.3, -0.25) is 14.5 Å². The molecule has 2 aliphatic heterocycles. The highest BCUT2D eigenvalue weighted by molar-refractivity contribution is 7.87. The zero-order valence-electron chi connectivity index (χ0n) is 27.4. The van der Waals surface area contributed by atoms with Crippen LogP contribution in [0.15, 0.2) is 42.5 Å². The monoisotopic (exact) mass is 650 g/mol. The van der Waals surface area contributed by atoms with Crippen LogP contribution in [0.1, 0.15) is 53.9 Å². The van der Waals surface area contributed by atoms with Gasteiger partial charge >= 0.3 is 10.2 Å². The molecule has 11 nitrogen and oxygen atoms in total. The SMILES string of the molecule is CN(C)CC(=O)N1CCN(C)C2COc3ccccc3-c3c(C4CCCCC4)c4ccc(cc4n3C2)C(=O)NS(=O)(=O)N(C)CC1. The van der Waals surface area contributed by atoms with Crippen molar-refractivity contribution in [3.05, 3.63) is 53.6 Å². The number of nitrogens with zero attached hydrogens (tertiary/aromatic N) is 5. The van der Waals surface area contributed by atoms with Crippen LogP contribution in [-0.2, 0) is 21.5 Å². The van der Waals surface area contributed by atoms with E-state index in [0.717, 1.165) is 45.1 Å². The number of hydrogen-bond acceptors (Lipinski definition) is 7. The first kappa shape index (κ1) is 32.5. The van der Waals surface area contributed by atoms with Crippen molar-refractivity contribution in [3.63, 3.8) is 0 Å². The highest BCUT2D eigenvalue weighted by Gasteiger charge is 2.32. The zero-order chi connectivity index (χ0) is 32.6. The Bertz CT molecular complexity index is 1710. The van der Waals surface area contributed by atoms with Crippen LogP contribution in [-0.4, -0.2) is 117 Å². The van der Waals surface area contributed by atoms with Gasteiger partial charge in [0.15, 0.2) is 0 Å². The lowest BCUT2D eigenvalue weighted by molar-refractivity contribution is -0.132. The minimum Gasteiger partial charge on any atom is -0.491 e. The molecular weight excluding hydrogens is 604 g/mol. The second kappa shape index (κ2) is 13.3. The summed E-state index contributed by atoms with van der Waals surface area (Å²) in [7, 11) is 3.00. The van der Waals surface area contributed by atoms with E-state index in [4.69, 9.17) is 4.74 Å². The van der Waals surface area contributed by atoms with Gasteiger partial charge in [-0.15, -0.1) is 0 Å². The number of hydrogen-bond donors (Lipinski definition) is 1. The largest absolute Gasteiger partial charge is 0.491 e. The van der Waals surface area contributed by atoms with Gasteiger partial charge in [-0.25, -0.2) is 4.72 Å². The van der Waals surface area contributed by atoms with Crippen molar-refractivity contribution < 1.29 is 22.7 Å². The standard InChI is InChI=1S/C34H46N6O5S/c1-36(2)22-31(41)39-18-16-37(3)26-21-40-29-20-25(34(42)35-46(43,44)38(4)17-19-39)14-15-27(29)32(24-10-6-5-7-11-24)33(40)28-12-8-9-13-30(28)45-23-26/h8-9,12-15,20,24,26H,5-7,10-11,16-19,21-23H2,1-4H3,(H,35,42). The summed E-state index contributed by atoms with van der Waals surface area (Å²) >= 11 is 0. The molecule has 3 aromatic rings. The van der Waals surface area contributed by atoms with Crippen molar-refractivity contribution in [2.24, 2.45) is 0 Å². The van der Waals surface area contributed by atoms with Crippen LogP contribution in [0.25, 0.3) is 22.2 Å². The van der Waals surface area contributed by atoms with E-state index in [1.165, 1.54) is 31.9 Å². The summed E-state index contributed by atoms with van der Waals surface area (Å²) in [5.74, 6) is 0.430. The van der Waals surface area contributed by atoms with Crippen molar-refractivity contribution in [2.75, 3.05) is 67.5 Å². The van der Waals surface area contributed by atoms with Gasteiger partial charge in [0.25, 0.3) is 5.91 Å². The Hall–Kier alpha value is -3.45. The van der Waals surface area contributed by atoms with E-state index in [2.05, 4.69) is 27.3 Å². The summed E-state index contributed by atoms with van der Waals surface area (Å²) in [6, 6.07) is 13.8. The summed E-state index contributed by atoms with van der Waals surface area (Å²) in [4.78, 5) is 32.5. The third-order valence-electron chi connectivity index (χ3n) is 9.81. The highest BCUT2D eigenvalue weighted by atomic mass is 32.2. The smallest absolute Gasteiger partial charge is 0.303 e. The lowest BCUT2D eigenvalue weighted by Crippen LogP contribution is -2.49. The third kappa shape index (κ3) is 6.53. The number of aromatic nitrogens is 1. The molecule has 3 heterocycles. The molecule has 2 amide bonds. The average molecular weight is 651 g/mol. The Morgan fingerprint density at radius 3 is 2.50 bits per heavy atom. The molecule has 1 N–H and O–H groups in total. The zero-order valence-corrected chi connectivity index (χ0v) is 28.2. The lowest BCUT2D eigenvalue weighted by Gasteiger charge is -2.34. The minimum atomic E-state index is -4.15. The van der Waals surface area contributed by atoms with E-state index in [9.17, 15) is 18.0 Å². The molecule has 0 spiro atoms. The number of nitrogens with one attached hydrogen (secondary N) is 1. The predicted octanol–water partition coefficient (Wildman–Crippen LogP) is 3.36. The molecule has 1 unspecified atom stereocenters. The fourth-order valence-electron chi connectivity index (χ4n) is 7.13. The van der Waals surface area contributed by atoms with Gasteiger partial charge in [0.05, 0.1) is 18.3 Å². The molecule has 1 aromatic heterocycles. The Labute approximate surface area is 272 Å². The van der Waals surface area contributed by atoms with E-state index in [1.807, 2.05) is 49.3 Å². The normalized spacial score (nSPS) is 22.0. The molecule has 0 radical (unpaired) electrons. The van der Waals surface area contributed by atoms with E-state index in [1.54, 1.807) is 11.0 Å². The first-order valence-electron chi connectivity index (χ1n) is 16.3. The van der Waals surface area contributed by atoms with Crippen molar-refractivity contribution in [1.29, 1.82) is 0 Å². The van der Waals surface area contributed by atoms with Gasteiger partial charge < -0.3 is 19.1 Å².